The topological polar surface area (TPSA) is 35.8 Å². The van der Waals surface area contributed by atoms with E-state index in [1.807, 2.05) is 12.1 Å². The zero-order valence-electron chi connectivity index (χ0n) is 12.0. The molecule has 1 unspecified atom stereocenters. The molecule has 0 heterocycles. The number of nitriles is 1. The van der Waals surface area contributed by atoms with Gasteiger partial charge < -0.3 is 5.32 Å². The van der Waals surface area contributed by atoms with E-state index in [2.05, 4.69) is 37.4 Å². The van der Waals surface area contributed by atoms with Crippen LogP contribution in [0.5, 0.6) is 0 Å². The summed E-state index contributed by atoms with van der Waals surface area (Å²) in [7, 11) is 0. The van der Waals surface area contributed by atoms with Gasteiger partial charge in [0.1, 0.15) is 0 Å². The predicted molar refractivity (Wildman–Crippen MR) is 78.7 cm³/mol. The quantitative estimate of drug-likeness (QED) is 0.877. The van der Waals surface area contributed by atoms with Crippen LogP contribution in [-0.2, 0) is 0 Å². The monoisotopic (exact) mass is 256 g/mol. The van der Waals surface area contributed by atoms with Crippen molar-refractivity contribution in [3.8, 4) is 6.07 Å². The van der Waals surface area contributed by atoms with E-state index in [1.165, 1.54) is 37.7 Å². The van der Waals surface area contributed by atoms with Crippen molar-refractivity contribution < 1.29 is 0 Å². The summed E-state index contributed by atoms with van der Waals surface area (Å²) in [5, 5.41) is 12.5. The highest BCUT2D eigenvalue weighted by atomic mass is 14.9. The van der Waals surface area contributed by atoms with Crippen LogP contribution < -0.4 is 5.32 Å². The predicted octanol–water partition coefficient (Wildman–Crippen LogP) is 4.18. The number of hydrogen-bond donors (Lipinski definition) is 1. The lowest BCUT2D eigenvalue weighted by Crippen LogP contribution is -2.36. The maximum Gasteiger partial charge on any atom is 0.0991 e. The zero-order chi connectivity index (χ0) is 13.7. The number of nitrogens with zero attached hydrogens (tertiary/aromatic N) is 1. The van der Waals surface area contributed by atoms with E-state index in [0.717, 1.165) is 11.5 Å². The highest BCUT2D eigenvalue weighted by molar-refractivity contribution is 5.32. The first-order valence-corrected chi connectivity index (χ1v) is 7.47. The lowest BCUT2D eigenvalue weighted by Gasteiger charge is -2.30. The molecule has 0 aromatic heterocycles. The molecule has 1 fully saturated rings. The molecule has 0 saturated heterocycles. The van der Waals surface area contributed by atoms with Crippen molar-refractivity contribution in [2.75, 3.05) is 0 Å². The van der Waals surface area contributed by atoms with E-state index in [0.29, 0.717) is 12.1 Å². The lowest BCUT2D eigenvalue weighted by atomic mass is 9.84. The Labute approximate surface area is 116 Å². The van der Waals surface area contributed by atoms with Crippen molar-refractivity contribution in [2.24, 2.45) is 5.92 Å². The summed E-state index contributed by atoms with van der Waals surface area (Å²) >= 11 is 0. The van der Waals surface area contributed by atoms with Crippen LogP contribution in [0.15, 0.2) is 24.3 Å². The highest BCUT2D eigenvalue weighted by Gasteiger charge is 2.21. The first kappa shape index (κ1) is 14.1. The molecule has 0 aliphatic heterocycles. The van der Waals surface area contributed by atoms with Crippen molar-refractivity contribution in [1.82, 2.24) is 5.32 Å². The number of nitrogens with one attached hydrogen (secondary N) is 1. The SMILES string of the molecule is CC(N[C@@H](C)C1CCCCC1)c1ccc(C#N)cc1. The Balaban J connectivity index is 1.91. The molecule has 2 nitrogen and oxygen atoms in total. The van der Waals surface area contributed by atoms with Gasteiger partial charge in [0.05, 0.1) is 11.6 Å². The molecule has 1 N–H and O–H groups in total. The Morgan fingerprint density at radius 1 is 1.11 bits per heavy atom. The maximum absolute atomic E-state index is 8.82. The fourth-order valence-corrected chi connectivity index (χ4v) is 3.11. The molecule has 2 rings (SSSR count). The smallest absolute Gasteiger partial charge is 0.0991 e. The lowest BCUT2D eigenvalue weighted by molar-refractivity contribution is 0.268. The molecule has 102 valence electrons. The van der Waals surface area contributed by atoms with Crippen molar-refractivity contribution in [2.45, 2.75) is 58.0 Å². The molecule has 2 heteroatoms. The summed E-state index contributed by atoms with van der Waals surface area (Å²) in [4.78, 5) is 0. The summed E-state index contributed by atoms with van der Waals surface area (Å²) in [6.45, 7) is 4.52. The fraction of sp³-hybridized carbons (Fsp3) is 0.588. The second kappa shape index (κ2) is 6.73. The van der Waals surface area contributed by atoms with Crippen LogP contribution in [0, 0.1) is 17.2 Å². The minimum atomic E-state index is 0.352. The minimum absolute atomic E-state index is 0.352. The van der Waals surface area contributed by atoms with Crippen LogP contribution in [-0.4, -0.2) is 6.04 Å². The van der Waals surface area contributed by atoms with Gasteiger partial charge in [0, 0.05) is 12.1 Å². The zero-order valence-corrected chi connectivity index (χ0v) is 12.0. The summed E-state index contributed by atoms with van der Waals surface area (Å²) in [6.07, 6.45) is 6.93. The third kappa shape index (κ3) is 3.81. The van der Waals surface area contributed by atoms with Crippen LogP contribution in [0.25, 0.3) is 0 Å². The molecule has 1 aromatic rings. The first-order valence-electron chi connectivity index (χ1n) is 7.47. The Kier molecular flexibility index (Phi) is 4.99. The molecule has 0 amide bonds. The number of hydrogen-bond acceptors (Lipinski definition) is 2. The average Bonchev–Trinajstić information content (AvgIpc) is 2.48. The van der Waals surface area contributed by atoms with Gasteiger partial charge in [-0.2, -0.15) is 5.26 Å². The molecule has 19 heavy (non-hydrogen) atoms. The van der Waals surface area contributed by atoms with Gasteiger partial charge in [-0.05, 0) is 50.3 Å². The molecule has 0 spiro atoms. The van der Waals surface area contributed by atoms with Gasteiger partial charge >= 0.3 is 0 Å². The Morgan fingerprint density at radius 3 is 2.32 bits per heavy atom. The van der Waals surface area contributed by atoms with Crippen LogP contribution >= 0.6 is 0 Å². The summed E-state index contributed by atoms with van der Waals surface area (Å²) in [5.41, 5.74) is 2.00. The Morgan fingerprint density at radius 2 is 1.74 bits per heavy atom. The first-order chi connectivity index (χ1) is 9.20. The van der Waals surface area contributed by atoms with Crippen molar-refractivity contribution >= 4 is 0 Å². The molecule has 2 atom stereocenters. The molecular formula is C17H24N2. The third-order valence-electron chi connectivity index (χ3n) is 4.41. The largest absolute Gasteiger partial charge is 0.307 e. The van der Waals surface area contributed by atoms with E-state index in [4.69, 9.17) is 5.26 Å². The van der Waals surface area contributed by atoms with Crippen molar-refractivity contribution in [3.05, 3.63) is 35.4 Å². The molecule has 1 aliphatic carbocycles. The summed E-state index contributed by atoms with van der Waals surface area (Å²) < 4.78 is 0. The van der Waals surface area contributed by atoms with Gasteiger partial charge in [-0.1, -0.05) is 31.4 Å². The minimum Gasteiger partial charge on any atom is -0.307 e. The fourth-order valence-electron chi connectivity index (χ4n) is 3.11. The van der Waals surface area contributed by atoms with Gasteiger partial charge in [0.15, 0.2) is 0 Å². The molecular weight excluding hydrogens is 232 g/mol. The molecule has 0 radical (unpaired) electrons. The second-order valence-corrected chi connectivity index (χ2v) is 5.81. The standard InChI is InChI=1S/C17H24N2/c1-13(16-6-4-3-5-7-16)19-14(2)17-10-8-15(12-18)9-11-17/h8-11,13-14,16,19H,3-7H2,1-2H3/t13-,14?/m0/s1. The average molecular weight is 256 g/mol. The molecule has 1 aromatic carbocycles. The van der Waals surface area contributed by atoms with Gasteiger partial charge in [0.25, 0.3) is 0 Å². The summed E-state index contributed by atoms with van der Waals surface area (Å²) in [5.74, 6) is 0.828. The highest BCUT2D eigenvalue weighted by Crippen LogP contribution is 2.27. The molecule has 1 aliphatic rings. The normalized spacial score (nSPS) is 19.6. The van der Waals surface area contributed by atoms with Crippen LogP contribution in [0.3, 0.4) is 0 Å². The Bertz CT molecular complexity index is 424. The van der Waals surface area contributed by atoms with Gasteiger partial charge in [-0.3, -0.25) is 0 Å². The van der Waals surface area contributed by atoms with Crippen LogP contribution in [0.4, 0.5) is 0 Å². The van der Waals surface area contributed by atoms with Crippen LogP contribution in [0.2, 0.25) is 0 Å². The van der Waals surface area contributed by atoms with Crippen LogP contribution in [0.1, 0.15) is 63.1 Å². The van der Waals surface area contributed by atoms with Gasteiger partial charge in [0.2, 0.25) is 0 Å². The van der Waals surface area contributed by atoms with E-state index >= 15 is 0 Å². The van der Waals surface area contributed by atoms with Crippen molar-refractivity contribution in [3.63, 3.8) is 0 Å². The van der Waals surface area contributed by atoms with E-state index in [9.17, 15) is 0 Å². The summed E-state index contributed by atoms with van der Waals surface area (Å²) in [6, 6.07) is 11.0. The Hall–Kier alpha value is -1.33. The van der Waals surface area contributed by atoms with E-state index in [1.54, 1.807) is 0 Å². The van der Waals surface area contributed by atoms with Gasteiger partial charge in [-0.25, -0.2) is 0 Å². The third-order valence-corrected chi connectivity index (χ3v) is 4.41. The second-order valence-electron chi connectivity index (χ2n) is 5.81. The maximum atomic E-state index is 8.82. The van der Waals surface area contributed by atoms with Gasteiger partial charge in [-0.15, -0.1) is 0 Å². The molecule has 1 saturated carbocycles. The van der Waals surface area contributed by atoms with E-state index in [-0.39, 0.29) is 0 Å². The van der Waals surface area contributed by atoms with E-state index < -0.39 is 0 Å². The number of rotatable bonds is 4. The van der Waals surface area contributed by atoms with Crippen molar-refractivity contribution in [1.29, 1.82) is 5.26 Å². The molecule has 0 bridgehead atoms. The number of benzene rings is 1.